The van der Waals surface area contributed by atoms with Crippen LogP contribution in [0, 0.1) is 16.0 Å². The van der Waals surface area contributed by atoms with Gasteiger partial charge in [0, 0.05) is 30.6 Å². The number of hydrogen-bond acceptors (Lipinski definition) is 4. The topological polar surface area (TPSA) is 90.1 Å². The summed E-state index contributed by atoms with van der Waals surface area (Å²) in [5, 5.41) is 13.9. The summed E-state index contributed by atoms with van der Waals surface area (Å²) in [6.45, 7) is 4.48. The van der Waals surface area contributed by atoms with E-state index in [2.05, 4.69) is 10.3 Å². The third-order valence-corrected chi connectivity index (χ3v) is 2.89. The SMILES string of the molecule is CC(C)CNC(=O)c1ccc(-n2ccnc2)c([N+](=O)[O-])c1. The maximum atomic E-state index is 12.0. The van der Waals surface area contributed by atoms with E-state index in [1.54, 1.807) is 18.3 Å². The van der Waals surface area contributed by atoms with Gasteiger partial charge in [-0.3, -0.25) is 14.9 Å². The van der Waals surface area contributed by atoms with Crippen LogP contribution in [0.15, 0.2) is 36.9 Å². The van der Waals surface area contributed by atoms with Crippen molar-refractivity contribution in [2.24, 2.45) is 5.92 Å². The van der Waals surface area contributed by atoms with Crippen molar-refractivity contribution in [2.75, 3.05) is 6.54 Å². The Balaban J connectivity index is 2.33. The summed E-state index contributed by atoms with van der Waals surface area (Å²) in [4.78, 5) is 26.5. The molecule has 0 aliphatic heterocycles. The van der Waals surface area contributed by atoms with E-state index in [1.165, 1.54) is 23.2 Å². The van der Waals surface area contributed by atoms with E-state index in [9.17, 15) is 14.9 Å². The molecule has 7 heteroatoms. The molecule has 0 bridgehead atoms. The number of aromatic nitrogens is 2. The molecule has 1 aromatic carbocycles. The Labute approximate surface area is 121 Å². The van der Waals surface area contributed by atoms with E-state index in [0.717, 1.165) is 0 Å². The number of carbonyl (C=O) groups excluding carboxylic acids is 1. The zero-order valence-corrected chi connectivity index (χ0v) is 11.8. The van der Waals surface area contributed by atoms with E-state index in [0.29, 0.717) is 18.2 Å². The van der Waals surface area contributed by atoms with E-state index in [-0.39, 0.29) is 17.2 Å². The summed E-state index contributed by atoms with van der Waals surface area (Å²) in [7, 11) is 0. The third-order valence-electron chi connectivity index (χ3n) is 2.89. The molecular formula is C14H16N4O3. The Morgan fingerprint density at radius 2 is 2.24 bits per heavy atom. The molecular weight excluding hydrogens is 272 g/mol. The summed E-state index contributed by atoms with van der Waals surface area (Å²) in [6, 6.07) is 4.40. The van der Waals surface area contributed by atoms with Crippen molar-refractivity contribution in [2.45, 2.75) is 13.8 Å². The number of nitro benzene ring substituents is 1. The lowest BCUT2D eigenvalue weighted by molar-refractivity contribution is -0.384. The molecule has 0 radical (unpaired) electrons. The predicted octanol–water partition coefficient (Wildman–Crippen LogP) is 2.17. The lowest BCUT2D eigenvalue weighted by Crippen LogP contribution is -2.27. The first-order chi connectivity index (χ1) is 9.99. The molecule has 1 N–H and O–H groups in total. The van der Waals surface area contributed by atoms with Crippen LogP contribution in [0.25, 0.3) is 5.69 Å². The van der Waals surface area contributed by atoms with Gasteiger partial charge in [-0.25, -0.2) is 4.98 Å². The predicted molar refractivity (Wildman–Crippen MR) is 77.4 cm³/mol. The van der Waals surface area contributed by atoms with Gasteiger partial charge in [0.25, 0.3) is 11.6 Å². The second-order valence-corrected chi connectivity index (χ2v) is 5.03. The molecule has 0 spiro atoms. The summed E-state index contributed by atoms with van der Waals surface area (Å²) in [5.41, 5.74) is 0.509. The lowest BCUT2D eigenvalue weighted by Gasteiger charge is -2.09. The van der Waals surface area contributed by atoms with Crippen molar-refractivity contribution < 1.29 is 9.72 Å². The van der Waals surface area contributed by atoms with Crippen molar-refractivity contribution in [3.05, 3.63) is 52.6 Å². The molecule has 0 saturated heterocycles. The standard InChI is InChI=1S/C14H16N4O3/c1-10(2)8-16-14(19)11-3-4-12(13(7-11)18(20)21)17-6-5-15-9-17/h3-7,9-10H,8H2,1-2H3,(H,16,19). The van der Waals surface area contributed by atoms with E-state index in [4.69, 9.17) is 0 Å². The van der Waals surface area contributed by atoms with Crippen molar-refractivity contribution in [3.8, 4) is 5.69 Å². The van der Waals surface area contributed by atoms with Crippen molar-refractivity contribution in [1.82, 2.24) is 14.9 Å². The highest BCUT2D eigenvalue weighted by atomic mass is 16.6. The second-order valence-electron chi connectivity index (χ2n) is 5.03. The van der Waals surface area contributed by atoms with Gasteiger partial charge in [-0.1, -0.05) is 13.8 Å². The molecule has 21 heavy (non-hydrogen) atoms. The fraction of sp³-hybridized carbons (Fsp3) is 0.286. The molecule has 1 heterocycles. The Bertz CT molecular complexity index is 650. The molecule has 0 unspecified atom stereocenters. The zero-order chi connectivity index (χ0) is 15.4. The van der Waals surface area contributed by atoms with Crippen LogP contribution in [0.2, 0.25) is 0 Å². The third kappa shape index (κ3) is 3.44. The number of amides is 1. The minimum atomic E-state index is -0.505. The van der Waals surface area contributed by atoms with E-state index in [1.807, 2.05) is 13.8 Å². The molecule has 0 fully saturated rings. The maximum Gasteiger partial charge on any atom is 0.294 e. The van der Waals surface area contributed by atoms with Gasteiger partial charge in [-0.2, -0.15) is 0 Å². The van der Waals surface area contributed by atoms with Crippen LogP contribution in [0.5, 0.6) is 0 Å². The number of imidazole rings is 1. The number of hydrogen-bond donors (Lipinski definition) is 1. The van der Waals surface area contributed by atoms with Gasteiger partial charge >= 0.3 is 0 Å². The Kier molecular flexibility index (Phi) is 4.32. The number of rotatable bonds is 5. The van der Waals surface area contributed by atoms with Crippen LogP contribution in [0.4, 0.5) is 5.69 Å². The van der Waals surface area contributed by atoms with Gasteiger partial charge in [0.1, 0.15) is 5.69 Å². The number of nitro groups is 1. The van der Waals surface area contributed by atoms with Gasteiger partial charge < -0.3 is 9.88 Å². The quantitative estimate of drug-likeness (QED) is 0.674. The van der Waals surface area contributed by atoms with Gasteiger partial charge in [0.15, 0.2) is 0 Å². The van der Waals surface area contributed by atoms with Gasteiger partial charge in [-0.05, 0) is 18.1 Å². The molecule has 0 aliphatic rings. The maximum absolute atomic E-state index is 12.0. The minimum absolute atomic E-state index is 0.134. The van der Waals surface area contributed by atoms with Crippen molar-refractivity contribution in [1.29, 1.82) is 0 Å². The van der Waals surface area contributed by atoms with Crippen molar-refractivity contribution in [3.63, 3.8) is 0 Å². The Morgan fingerprint density at radius 1 is 1.48 bits per heavy atom. The lowest BCUT2D eigenvalue weighted by atomic mass is 10.1. The van der Waals surface area contributed by atoms with E-state index < -0.39 is 4.92 Å². The van der Waals surface area contributed by atoms with Gasteiger partial charge in [0.05, 0.1) is 11.3 Å². The van der Waals surface area contributed by atoms with Crippen LogP contribution in [0.1, 0.15) is 24.2 Å². The normalized spacial score (nSPS) is 10.6. The van der Waals surface area contributed by atoms with Crippen LogP contribution < -0.4 is 5.32 Å². The number of benzene rings is 1. The molecule has 1 amide bonds. The van der Waals surface area contributed by atoms with E-state index >= 15 is 0 Å². The van der Waals surface area contributed by atoms with Gasteiger partial charge in [0.2, 0.25) is 0 Å². The molecule has 1 aromatic heterocycles. The van der Waals surface area contributed by atoms with Crippen LogP contribution in [0.3, 0.4) is 0 Å². The second kappa shape index (κ2) is 6.17. The van der Waals surface area contributed by atoms with Crippen LogP contribution >= 0.6 is 0 Å². The summed E-state index contributed by atoms with van der Waals surface area (Å²) in [5.74, 6) is -0.00172. The highest BCUT2D eigenvalue weighted by molar-refractivity contribution is 5.95. The number of carbonyl (C=O) groups is 1. The summed E-state index contributed by atoms with van der Waals surface area (Å²) < 4.78 is 1.54. The fourth-order valence-electron chi connectivity index (χ4n) is 1.83. The molecule has 110 valence electrons. The zero-order valence-electron chi connectivity index (χ0n) is 11.8. The van der Waals surface area contributed by atoms with Crippen LogP contribution in [-0.4, -0.2) is 26.9 Å². The molecule has 2 rings (SSSR count). The molecule has 0 aliphatic carbocycles. The highest BCUT2D eigenvalue weighted by Gasteiger charge is 2.18. The first kappa shape index (κ1) is 14.7. The molecule has 2 aromatic rings. The molecule has 0 saturated carbocycles. The largest absolute Gasteiger partial charge is 0.352 e. The average molecular weight is 288 g/mol. The highest BCUT2D eigenvalue weighted by Crippen LogP contribution is 2.24. The average Bonchev–Trinajstić information content (AvgIpc) is 2.98. The first-order valence-electron chi connectivity index (χ1n) is 6.54. The van der Waals surface area contributed by atoms with Gasteiger partial charge in [-0.15, -0.1) is 0 Å². The Morgan fingerprint density at radius 3 is 2.81 bits per heavy atom. The smallest absolute Gasteiger partial charge is 0.294 e. The summed E-state index contributed by atoms with van der Waals surface area (Å²) in [6.07, 6.45) is 4.62. The fourth-order valence-corrected chi connectivity index (χ4v) is 1.83. The Hall–Kier alpha value is -2.70. The minimum Gasteiger partial charge on any atom is -0.352 e. The summed E-state index contributed by atoms with van der Waals surface area (Å²) >= 11 is 0. The number of nitrogens with one attached hydrogen (secondary N) is 1. The molecule has 0 atom stereocenters. The van der Waals surface area contributed by atoms with Crippen molar-refractivity contribution >= 4 is 11.6 Å². The number of nitrogens with zero attached hydrogens (tertiary/aromatic N) is 3. The monoisotopic (exact) mass is 288 g/mol. The first-order valence-corrected chi connectivity index (χ1v) is 6.54. The van der Waals surface area contributed by atoms with Crippen LogP contribution in [-0.2, 0) is 0 Å². The molecule has 7 nitrogen and oxygen atoms in total.